The van der Waals surface area contributed by atoms with Gasteiger partial charge in [-0.25, -0.2) is 0 Å². The van der Waals surface area contributed by atoms with Crippen molar-refractivity contribution in [3.05, 3.63) is 152 Å². The summed E-state index contributed by atoms with van der Waals surface area (Å²) in [6, 6.07) is 50.7. The minimum Gasteiger partial charge on any atom is -0.455 e. The molecule has 0 atom stereocenters. The highest BCUT2D eigenvalue weighted by molar-refractivity contribution is 6.09. The summed E-state index contributed by atoms with van der Waals surface area (Å²) >= 11 is 0. The van der Waals surface area contributed by atoms with E-state index in [4.69, 9.17) is 9.52 Å². The van der Waals surface area contributed by atoms with Gasteiger partial charge in [-0.1, -0.05) is 140 Å². The van der Waals surface area contributed by atoms with E-state index in [9.17, 15) is 0 Å². The summed E-state index contributed by atoms with van der Waals surface area (Å²) in [7, 11) is 0. The number of para-hydroxylation sites is 2. The van der Waals surface area contributed by atoms with Crippen LogP contribution >= 0.6 is 0 Å². The third-order valence-corrected chi connectivity index (χ3v) is 8.57. The van der Waals surface area contributed by atoms with Crippen LogP contribution in [0.3, 0.4) is 0 Å². The monoisotopic (exact) mass is 563 g/mol. The molecule has 0 spiro atoms. The number of hydrogen-bond donors (Lipinski definition) is 0. The number of nitrogens with zero attached hydrogens (tertiary/aromatic N) is 3. The van der Waals surface area contributed by atoms with Crippen LogP contribution in [0.5, 0.6) is 0 Å². The molecule has 0 saturated heterocycles. The molecule has 0 unspecified atom stereocenters. The predicted octanol–water partition coefficient (Wildman–Crippen LogP) is 10.4. The maximum Gasteiger partial charge on any atom is 0.169 e. The second-order valence-corrected chi connectivity index (χ2v) is 11.1. The second kappa shape index (κ2) is 9.79. The summed E-state index contributed by atoms with van der Waals surface area (Å²) in [5.74, 6) is 0.803. The van der Waals surface area contributed by atoms with Crippen molar-refractivity contribution in [1.82, 2.24) is 14.6 Å². The molecule has 4 nitrogen and oxygen atoms in total. The van der Waals surface area contributed by atoms with Crippen molar-refractivity contribution >= 4 is 38.4 Å². The molecule has 0 aliphatic rings. The third kappa shape index (κ3) is 3.78. The lowest BCUT2D eigenvalue weighted by atomic mass is 9.92. The molecule has 44 heavy (non-hydrogen) atoms. The predicted molar refractivity (Wildman–Crippen MR) is 180 cm³/mol. The molecule has 3 heterocycles. The van der Waals surface area contributed by atoms with Gasteiger partial charge in [0.05, 0.1) is 0 Å². The first-order valence-electron chi connectivity index (χ1n) is 14.8. The van der Waals surface area contributed by atoms with Crippen LogP contribution in [0.25, 0.3) is 83.1 Å². The Bertz CT molecular complexity index is 2490. The van der Waals surface area contributed by atoms with Gasteiger partial charge in [-0.05, 0) is 33.7 Å². The van der Waals surface area contributed by atoms with Gasteiger partial charge in [0.25, 0.3) is 0 Å². The van der Waals surface area contributed by atoms with Crippen LogP contribution in [0.2, 0.25) is 0 Å². The first-order valence-corrected chi connectivity index (χ1v) is 14.8. The van der Waals surface area contributed by atoms with Gasteiger partial charge in [-0.3, -0.25) is 4.40 Å². The maximum absolute atomic E-state index is 6.31. The van der Waals surface area contributed by atoms with E-state index >= 15 is 0 Å². The fourth-order valence-corrected chi connectivity index (χ4v) is 6.48. The molecular weight excluding hydrogens is 538 g/mol. The first kappa shape index (κ1) is 24.6. The highest BCUT2D eigenvalue weighted by atomic mass is 16.3. The Balaban J connectivity index is 1.20. The van der Waals surface area contributed by atoms with Gasteiger partial charge in [0.2, 0.25) is 0 Å². The molecule has 9 aromatic rings. The van der Waals surface area contributed by atoms with Crippen molar-refractivity contribution < 1.29 is 4.42 Å². The average Bonchev–Trinajstić information content (AvgIpc) is 3.70. The quantitative estimate of drug-likeness (QED) is 0.214. The molecule has 206 valence electrons. The third-order valence-electron chi connectivity index (χ3n) is 8.57. The van der Waals surface area contributed by atoms with Gasteiger partial charge in [-0.2, -0.15) is 0 Å². The number of aromatic nitrogens is 3. The van der Waals surface area contributed by atoms with Crippen molar-refractivity contribution in [3.63, 3.8) is 0 Å². The van der Waals surface area contributed by atoms with Crippen molar-refractivity contribution in [3.8, 4) is 44.8 Å². The van der Waals surface area contributed by atoms with E-state index in [2.05, 4.69) is 149 Å². The Kier molecular flexibility index (Phi) is 5.47. The van der Waals surface area contributed by atoms with Crippen molar-refractivity contribution in [1.29, 1.82) is 0 Å². The minimum atomic E-state index is 0.803. The number of hydrogen-bond acceptors (Lipinski definition) is 3. The van der Waals surface area contributed by atoms with Crippen LogP contribution in [0.15, 0.2) is 156 Å². The molecule has 0 bridgehead atoms. The van der Waals surface area contributed by atoms with Gasteiger partial charge in [0, 0.05) is 39.0 Å². The molecule has 4 heteroatoms. The molecule has 0 saturated carbocycles. The normalized spacial score (nSPS) is 11.6. The lowest BCUT2D eigenvalue weighted by Gasteiger charge is -2.14. The largest absolute Gasteiger partial charge is 0.455 e. The van der Waals surface area contributed by atoms with Crippen LogP contribution in [0.4, 0.5) is 0 Å². The Morgan fingerprint density at radius 1 is 0.409 bits per heavy atom. The fraction of sp³-hybridized carbons (Fsp3) is 0. The molecule has 6 aromatic carbocycles. The van der Waals surface area contributed by atoms with Crippen LogP contribution < -0.4 is 0 Å². The van der Waals surface area contributed by atoms with Gasteiger partial charge in [0.1, 0.15) is 11.2 Å². The van der Waals surface area contributed by atoms with E-state index < -0.39 is 0 Å². The number of furan rings is 1. The Hall–Kier alpha value is -6.00. The van der Waals surface area contributed by atoms with E-state index in [0.29, 0.717) is 0 Å². The molecule has 3 aromatic heterocycles. The van der Waals surface area contributed by atoms with Crippen molar-refractivity contribution in [2.75, 3.05) is 0 Å². The Morgan fingerprint density at radius 3 is 1.86 bits per heavy atom. The summed E-state index contributed by atoms with van der Waals surface area (Å²) in [6.07, 6.45) is 2.19. The summed E-state index contributed by atoms with van der Waals surface area (Å²) in [5, 5.41) is 13.9. The van der Waals surface area contributed by atoms with Gasteiger partial charge < -0.3 is 4.42 Å². The number of fused-ring (bicyclic) bond motifs is 6. The fourth-order valence-electron chi connectivity index (χ4n) is 6.48. The van der Waals surface area contributed by atoms with E-state index in [1.807, 2.05) is 12.1 Å². The molecular formula is C40H25N3O. The zero-order valence-corrected chi connectivity index (χ0v) is 23.7. The molecule has 0 fully saturated rings. The topological polar surface area (TPSA) is 43.3 Å². The van der Waals surface area contributed by atoms with Crippen LogP contribution in [-0.4, -0.2) is 14.6 Å². The molecule has 0 aliphatic carbocycles. The van der Waals surface area contributed by atoms with Crippen molar-refractivity contribution in [2.45, 2.75) is 0 Å². The molecule has 0 amide bonds. The zero-order valence-electron chi connectivity index (χ0n) is 23.7. The van der Waals surface area contributed by atoms with E-state index in [0.717, 1.165) is 66.4 Å². The number of benzene rings is 6. The van der Waals surface area contributed by atoms with E-state index in [1.54, 1.807) is 0 Å². The smallest absolute Gasteiger partial charge is 0.169 e. The molecule has 0 aliphatic heterocycles. The van der Waals surface area contributed by atoms with Crippen LogP contribution in [0.1, 0.15) is 0 Å². The molecule has 9 rings (SSSR count). The summed E-state index contributed by atoms with van der Waals surface area (Å²) in [6.45, 7) is 0. The Labute approximate surface area is 253 Å². The lowest BCUT2D eigenvalue weighted by molar-refractivity contribution is 0.670. The SMILES string of the molecule is c1ccc(-c2ccccc2-c2cn3c(-c4ccc(-c5cccc6c5oc5ccccc56)cc4)nnc3c3ccccc23)cc1. The van der Waals surface area contributed by atoms with Gasteiger partial charge in [0.15, 0.2) is 11.5 Å². The zero-order chi connectivity index (χ0) is 29.0. The average molecular weight is 564 g/mol. The van der Waals surface area contributed by atoms with Crippen molar-refractivity contribution in [2.24, 2.45) is 0 Å². The highest BCUT2D eigenvalue weighted by Gasteiger charge is 2.18. The highest BCUT2D eigenvalue weighted by Crippen LogP contribution is 2.39. The van der Waals surface area contributed by atoms with Gasteiger partial charge in [-0.15, -0.1) is 10.2 Å². The Morgan fingerprint density at radius 2 is 1.02 bits per heavy atom. The first-order chi connectivity index (χ1) is 21.8. The minimum absolute atomic E-state index is 0.803. The van der Waals surface area contributed by atoms with Crippen LogP contribution in [-0.2, 0) is 0 Å². The second-order valence-electron chi connectivity index (χ2n) is 11.1. The van der Waals surface area contributed by atoms with Gasteiger partial charge >= 0.3 is 0 Å². The standard InChI is InChI=1S/C40H25N3O/c1-2-11-26(12-3-1)29-13-4-5-14-31(29)36-25-43-39(41-42-40(43)35-17-7-6-15-32(35)36)28-23-21-27(22-24-28)30-18-10-19-34-33-16-8-9-20-37(33)44-38(30)34/h1-25H. The van der Waals surface area contributed by atoms with E-state index in [-0.39, 0.29) is 0 Å². The number of rotatable bonds is 4. The van der Waals surface area contributed by atoms with Crippen LogP contribution in [0, 0.1) is 0 Å². The maximum atomic E-state index is 6.31. The summed E-state index contributed by atoms with van der Waals surface area (Å²) < 4.78 is 8.44. The summed E-state index contributed by atoms with van der Waals surface area (Å²) in [4.78, 5) is 0. The molecule has 0 N–H and O–H groups in total. The molecule has 0 radical (unpaired) electrons. The lowest BCUT2D eigenvalue weighted by Crippen LogP contribution is -1.95. The number of pyridine rings is 1. The summed E-state index contributed by atoms with van der Waals surface area (Å²) in [5.41, 5.74) is 10.5. The van der Waals surface area contributed by atoms with E-state index in [1.165, 1.54) is 16.7 Å².